The monoisotopic (exact) mass is 678 g/mol. The largest absolute Gasteiger partial charge is 0.497 e. The fourth-order valence-corrected chi connectivity index (χ4v) is 6.02. The number of benzene rings is 2. The highest BCUT2D eigenvalue weighted by Crippen LogP contribution is 2.35. The maximum absolute atomic E-state index is 14.2. The van der Waals surface area contributed by atoms with E-state index in [2.05, 4.69) is 10.6 Å². The Morgan fingerprint density at radius 3 is 2.40 bits per heavy atom. The molecule has 12 heteroatoms. The first-order chi connectivity index (χ1) is 22.7. The molecular formula is C36H46N4O7S. The Hall–Kier alpha value is -4.45. The van der Waals surface area contributed by atoms with E-state index in [0.717, 1.165) is 10.9 Å². The molecule has 1 aliphatic heterocycles. The van der Waals surface area contributed by atoms with Crippen molar-refractivity contribution >= 4 is 46.1 Å². The number of nitrogens with one attached hydrogen (secondary N) is 2. The zero-order chi connectivity index (χ0) is 35.2. The number of hydrogen-bond acceptors (Lipinski definition) is 8. The molecule has 1 saturated heterocycles. The highest BCUT2D eigenvalue weighted by atomic mass is 32.1. The quantitative estimate of drug-likeness (QED) is 0.196. The summed E-state index contributed by atoms with van der Waals surface area (Å²) in [6.45, 7) is 11.0. The minimum atomic E-state index is -1.03. The van der Waals surface area contributed by atoms with Crippen molar-refractivity contribution in [2.45, 2.75) is 90.6 Å². The first-order valence-electron chi connectivity index (χ1n) is 16.2. The molecule has 0 radical (unpaired) electrons. The van der Waals surface area contributed by atoms with Crippen molar-refractivity contribution in [2.24, 2.45) is 5.92 Å². The topological polar surface area (TPSA) is 139 Å². The van der Waals surface area contributed by atoms with Gasteiger partial charge in [0.15, 0.2) is 0 Å². The van der Waals surface area contributed by atoms with Crippen LogP contribution in [0.1, 0.15) is 60.8 Å². The Morgan fingerprint density at radius 2 is 1.79 bits per heavy atom. The second-order valence-corrected chi connectivity index (χ2v) is 13.7. The number of amides is 2. The molecule has 0 spiro atoms. The van der Waals surface area contributed by atoms with Gasteiger partial charge in [-0.05, 0) is 45.2 Å². The number of methoxy groups -OCH3 is 1. The molecule has 48 heavy (non-hydrogen) atoms. The summed E-state index contributed by atoms with van der Waals surface area (Å²) < 4.78 is 17.6. The first kappa shape index (κ1) is 36.4. The van der Waals surface area contributed by atoms with Gasteiger partial charge in [0.1, 0.15) is 35.3 Å². The zero-order valence-corrected chi connectivity index (χ0v) is 29.4. The zero-order valence-electron chi connectivity index (χ0n) is 28.6. The normalized spacial score (nSPS) is 17.5. The standard InChI is InChI=1S/C36H46N4O7S/c1-8-12-26(34(42)43)38-32(48)29-18-24(20-40(29)33(41)31(21(2)3)39-35(44)47-36(4,5)6)46-30-19-27(22-13-10-9-11-14-22)37-28-17-23(45-7)15-16-25(28)30/h9-11,13-17,19,21,24,26,29,31H,8,12,18,20H2,1-7H3,(H,38,48)(H,39,44)(H,42,43)/t24-,26?,29+,31+/m1/s1. The summed E-state index contributed by atoms with van der Waals surface area (Å²) >= 11 is 5.78. The number of carbonyl (C=O) groups is 3. The number of aliphatic carboxylic acids is 1. The van der Waals surface area contributed by atoms with Crippen LogP contribution in [-0.4, -0.2) is 81.4 Å². The second kappa shape index (κ2) is 15.6. The Balaban J connectivity index is 1.70. The van der Waals surface area contributed by atoms with Crippen molar-refractivity contribution in [3.63, 3.8) is 0 Å². The van der Waals surface area contributed by atoms with Crippen LogP contribution in [0.25, 0.3) is 22.2 Å². The average molecular weight is 679 g/mol. The van der Waals surface area contributed by atoms with Crippen LogP contribution in [0.5, 0.6) is 11.5 Å². The number of rotatable bonds is 12. The predicted octanol–water partition coefficient (Wildman–Crippen LogP) is 5.98. The third-order valence-corrected chi connectivity index (χ3v) is 8.38. The number of carboxylic acids is 1. The fraction of sp³-hybridized carbons (Fsp3) is 0.472. The third kappa shape index (κ3) is 9.12. The van der Waals surface area contributed by atoms with Crippen LogP contribution in [0.4, 0.5) is 4.79 Å². The van der Waals surface area contributed by atoms with Gasteiger partial charge in [0.25, 0.3) is 0 Å². The number of likely N-dealkylation sites (tertiary alicyclic amines) is 1. The smallest absolute Gasteiger partial charge is 0.408 e. The lowest BCUT2D eigenvalue weighted by atomic mass is 10.0. The first-order valence-corrected chi connectivity index (χ1v) is 16.7. The molecule has 1 fully saturated rings. The molecule has 2 amide bonds. The number of aromatic nitrogens is 1. The van der Waals surface area contributed by atoms with Crippen LogP contribution in [0, 0.1) is 5.92 Å². The molecule has 3 N–H and O–H groups in total. The molecule has 2 aromatic carbocycles. The Bertz CT molecular complexity index is 1630. The van der Waals surface area contributed by atoms with Gasteiger partial charge < -0.3 is 34.9 Å². The molecule has 1 unspecified atom stereocenters. The SMILES string of the molecule is CCCC(NC(=S)[C@@H]1C[C@@H](Oc2cc(-c3ccccc3)nc3cc(OC)ccc23)CN1C(=O)[C@@H](NC(=O)OC(C)(C)C)C(C)C)C(=O)O. The van der Waals surface area contributed by atoms with E-state index in [-0.39, 0.29) is 23.4 Å². The minimum absolute atomic E-state index is 0.149. The van der Waals surface area contributed by atoms with Crippen molar-refractivity contribution in [1.82, 2.24) is 20.5 Å². The van der Waals surface area contributed by atoms with Gasteiger partial charge in [-0.2, -0.15) is 0 Å². The third-order valence-electron chi connectivity index (χ3n) is 7.99. The highest BCUT2D eigenvalue weighted by Gasteiger charge is 2.43. The minimum Gasteiger partial charge on any atom is -0.497 e. The number of fused-ring (bicyclic) bond motifs is 1. The molecule has 0 saturated carbocycles. The number of thiocarbonyl (C=S) groups is 1. The van der Waals surface area contributed by atoms with Crippen LogP contribution in [0.3, 0.4) is 0 Å². The molecule has 258 valence electrons. The lowest BCUT2D eigenvalue weighted by molar-refractivity contribution is -0.139. The Morgan fingerprint density at radius 1 is 1.08 bits per heavy atom. The number of alkyl carbamates (subject to hydrolysis) is 1. The fourth-order valence-electron chi connectivity index (χ4n) is 5.65. The van der Waals surface area contributed by atoms with Gasteiger partial charge in [-0.3, -0.25) is 4.79 Å². The summed E-state index contributed by atoms with van der Waals surface area (Å²) in [6, 6.07) is 14.7. The summed E-state index contributed by atoms with van der Waals surface area (Å²) in [7, 11) is 1.60. The maximum Gasteiger partial charge on any atom is 0.408 e. The van der Waals surface area contributed by atoms with E-state index in [1.165, 1.54) is 0 Å². The molecule has 11 nitrogen and oxygen atoms in total. The second-order valence-electron chi connectivity index (χ2n) is 13.3. The molecule has 1 aromatic heterocycles. The highest BCUT2D eigenvalue weighted by molar-refractivity contribution is 7.80. The van der Waals surface area contributed by atoms with Crippen molar-refractivity contribution in [2.75, 3.05) is 13.7 Å². The number of ether oxygens (including phenoxy) is 3. The van der Waals surface area contributed by atoms with E-state index in [9.17, 15) is 19.5 Å². The van der Waals surface area contributed by atoms with Crippen LogP contribution in [-0.2, 0) is 14.3 Å². The van der Waals surface area contributed by atoms with Crippen LogP contribution in [0.2, 0.25) is 0 Å². The summed E-state index contributed by atoms with van der Waals surface area (Å²) in [5.74, 6) is -0.460. The van der Waals surface area contributed by atoms with Gasteiger partial charge in [-0.25, -0.2) is 14.6 Å². The summed E-state index contributed by atoms with van der Waals surface area (Å²) in [5.41, 5.74) is 1.53. The molecule has 0 aliphatic carbocycles. The van der Waals surface area contributed by atoms with E-state index in [0.29, 0.717) is 42.0 Å². The molecule has 1 aliphatic rings. The molecular weight excluding hydrogens is 632 g/mol. The number of pyridine rings is 1. The van der Waals surface area contributed by atoms with E-state index in [1.807, 2.05) is 75.4 Å². The van der Waals surface area contributed by atoms with Gasteiger partial charge in [0, 0.05) is 29.5 Å². The van der Waals surface area contributed by atoms with E-state index < -0.39 is 41.9 Å². The van der Waals surface area contributed by atoms with Crippen molar-refractivity contribution < 1.29 is 33.7 Å². The molecule has 0 bridgehead atoms. The molecule has 4 rings (SSSR count). The van der Waals surface area contributed by atoms with Crippen LogP contribution in [0.15, 0.2) is 54.6 Å². The van der Waals surface area contributed by atoms with Gasteiger partial charge in [0.05, 0.1) is 35.9 Å². The van der Waals surface area contributed by atoms with Gasteiger partial charge in [-0.15, -0.1) is 0 Å². The lowest BCUT2D eigenvalue weighted by Gasteiger charge is -2.32. The van der Waals surface area contributed by atoms with Crippen LogP contribution < -0.4 is 20.1 Å². The Kier molecular flexibility index (Phi) is 11.9. The van der Waals surface area contributed by atoms with Gasteiger partial charge >= 0.3 is 12.1 Å². The number of nitrogens with zero attached hydrogens (tertiary/aromatic N) is 2. The van der Waals surface area contributed by atoms with Crippen molar-refractivity contribution in [1.29, 1.82) is 0 Å². The number of carbonyl (C=O) groups excluding carboxylic acids is 2. The van der Waals surface area contributed by atoms with Crippen molar-refractivity contribution in [3.8, 4) is 22.8 Å². The predicted molar refractivity (Wildman–Crippen MR) is 188 cm³/mol. The number of carboxylic acid groups (broad SMARTS) is 1. The van der Waals surface area contributed by atoms with Gasteiger partial charge in [0.2, 0.25) is 5.91 Å². The molecule has 4 atom stereocenters. The summed E-state index contributed by atoms with van der Waals surface area (Å²) in [4.78, 5) is 45.7. The Labute approximate surface area is 287 Å². The van der Waals surface area contributed by atoms with E-state index in [4.69, 9.17) is 31.4 Å². The summed E-state index contributed by atoms with van der Waals surface area (Å²) in [5, 5.41) is 16.3. The van der Waals surface area contributed by atoms with Gasteiger partial charge in [-0.1, -0.05) is 69.7 Å². The molecule has 3 aromatic rings. The number of hydrogen-bond donors (Lipinski definition) is 3. The van der Waals surface area contributed by atoms with E-state index >= 15 is 0 Å². The molecule has 2 heterocycles. The van der Waals surface area contributed by atoms with Crippen LogP contribution >= 0.6 is 12.2 Å². The van der Waals surface area contributed by atoms with Crippen molar-refractivity contribution in [3.05, 3.63) is 54.6 Å². The summed E-state index contributed by atoms with van der Waals surface area (Å²) in [6.07, 6.45) is 0.0662. The average Bonchev–Trinajstić information content (AvgIpc) is 3.46. The van der Waals surface area contributed by atoms with E-state index in [1.54, 1.807) is 32.8 Å². The maximum atomic E-state index is 14.2. The lowest BCUT2D eigenvalue weighted by Crippen LogP contribution is -2.56.